The lowest BCUT2D eigenvalue weighted by Gasteiger charge is -2.18. The molecule has 1 spiro atoms. The van der Waals surface area contributed by atoms with Gasteiger partial charge in [-0.25, -0.2) is 4.79 Å². The third-order valence-electron chi connectivity index (χ3n) is 1.76. The number of esters is 1. The van der Waals surface area contributed by atoms with Gasteiger partial charge >= 0.3 is 5.97 Å². The lowest BCUT2D eigenvalue weighted by molar-refractivity contribution is -0.181. The molecule has 2 aliphatic rings. The Bertz CT molecular complexity index is 189. The molecule has 0 aromatic carbocycles. The molecule has 3 nitrogen and oxygen atoms in total. The molecule has 1 fully saturated rings. The molecule has 0 N–H and O–H groups in total. The van der Waals surface area contributed by atoms with E-state index in [1.807, 2.05) is 0 Å². The molecular weight excluding hydrogens is 132 g/mol. The van der Waals surface area contributed by atoms with Crippen molar-refractivity contribution in [1.29, 1.82) is 0 Å². The molecule has 3 heteroatoms. The van der Waals surface area contributed by atoms with Gasteiger partial charge in [-0.15, -0.1) is 0 Å². The van der Waals surface area contributed by atoms with E-state index in [9.17, 15) is 4.79 Å². The number of hydrogen-bond acceptors (Lipinski definition) is 3. The molecule has 0 amide bonds. The Morgan fingerprint density at radius 2 is 2.50 bits per heavy atom. The lowest BCUT2D eigenvalue weighted by atomic mass is 10.2. The predicted octanol–water partition coefficient (Wildman–Crippen LogP) is 0.606. The zero-order chi connectivity index (χ0) is 7.03. The van der Waals surface area contributed by atoms with Gasteiger partial charge in [0.05, 0.1) is 6.61 Å². The van der Waals surface area contributed by atoms with Crippen molar-refractivity contribution in [3.05, 3.63) is 12.2 Å². The number of carbonyl (C=O) groups is 1. The van der Waals surface area contributed by atoms with Crippen LogP contribution >= 0.6 is 0 Å². The van der Waals surface area contributed by atoms with Crippen LogP contribution in [0.1, 0.15) is 12.8 Å². The predicted molar refractivity (Wildman–Crippen MR) is 33.1 cm³/mol. The summed E-state index contributed by atoms with van der Waals surface area (Å²) >= 11 is 0. The van der Waals surface area contributed by atoms with E-state index >= 15 is 0 Å². The van der Waals surface area contributed by atoms with Crippen LogP contribution in [0.5, 0.6) is 0 Å². The third kappa shape index (κ3) is 0.743. The van der Waals surface area contributed by atoms with Crippen LogP contribution in [0.2, 0.25) is 0 Å². The molecule has 54 valence electrons. The first-order valence-corrected chi connectivity index (χ1v) is 3.37. The Kier molecular flexibility index (Phi) is 1.08. The van der Waals surface area contributed by atoms with Gasteiger partial charge in [0.1, 0.15) is 0 Å². The average molecular weight is 140 g/mol. The summed E-state index contributed by atoms with van der Waals surface area (Å²) in [6.45, 7) is 0.692. The van der Waals surface area contributed by atoms with Crippen LogP contribution in [0, 0.1) is 0 Å². The van der Waals surface area contributed by atoms with Gasteiger partial charge in [-0.1, -0.05) is 0 Å². The summed E-state index contributed by atoms with van der Waals surface area (Å²) in [5.74, 6) is -0.959. The zero-order valence-corrected chi connectivity index (χ0v) is 5.50. The van der Waals surface area contributed by atoms with E-state index in [1.165, 1.54) is 6.08 Å². The fourth-order valence-corrected chi connectivity index (χ4v) is 1.28. The highest BCUT2D eigenvalue weighted by atomic mass is 16.7. The van der Waals surface area contributed by atoms with Crippen molar-refractivity contribution in [2.24, 2.45) is 0 Å². The highest BCUT2D eigenvalue weighted by Crippen LogP contribution is 2.31. The maximum atomic E-state index is 10.6. The molecule has 0 radical (unpaired) electrons. The van der Waals surface area contributed by atoms with E-state index in [2.05, 4.69) is 0 Å². The Balaban J connectivity index is 2.18. The van der Waals surface area contributed by atoms with Gasteiger partial charge in [-0.2, -0.15) is 0 Å². The second-order valence-corrected chi connectivity index (χ2v) is 2.52. The molecule has 0 aromatic rings. The SMILES string of the molecule is O=C1C=CC2(CCCO2)O1. The van der Waals surface area contributed by atoms with E-state index in [0.717, 1.165) is 12.8 Å². The van der Waals surface area contributed by atoms with E-state index in [0.29, 0.717) is 6.61 Å². The van der Waals surface area contributed by atoms with Crippen molar-refractivity contribution < 1.29 is 14.3 Å². The first kappa shape index (κ1) is 5.92. The van der Waals surface area contributed by atoms with Crippen LogP contribution in [0.4, 0.5) is 0 Å². The van der Waals surface area contributed by atoms with Crippen LogP contribution < -0.4 is 0 Å². The number of rotatable bonds is 0. The second kappa shape index (κ2) is 1.83. The van der Waals surface area contributed by atoms with E-state index in [1.54, 1.807) is 6.08 Å². The molecule has 0 aromatic heterocycles. The number of hydrogen-bond donors (Lipinski definition) is 0. The topological polar surface area (TPSA) is 35.5 Å². The average Bonchev–Trinajstić information content (AvgIpc) is 2.46. The van der Waals surface area contributed by atoms with Crippen molar-refractivity contribution in [2.75, 3.05) is 6.61 Å². The molecule has 2 heterocycles. The quantitative estimate of drug-likeness (QED) is 0.462. The van der Waals surface area contributed by atoms with Gasteiger partial charge in [0.25, 0.3) is 0 Å². The molecule has 0 bridgehead atoms. The van der Waals surface area contributed by atoms with Crippen molar-refractivity contribution in [1.82, 2.24) is 0 Å². The van der Waals surface area contributed by atoms with E-state index < -0.39 is 5.79 Å². The maximum Gasteiger partial charge on any atom is 0.333 e. The van der Waals surface area contributed by atoms with Crippen molar-refractivity contribution in [3.8, 4) is 0 Å². The Hall–Kier alpha value is -0.830. The third-order valence-corrected chi connectivity index (χ3v) is 1.76. The van der Waals surface area contributed by atoms with Crippen LogP contribution in [0.15, 0.2) is 12.2 Å². The van der Waals surface area contributed by atoms with Gasteiger partial charge in [0.15, 0.2) is 0 Å². The van der Waals surface area contributed by atoms with Crippen LogP contribution in [-0.2, 0) is 14.3 Å². The molecule has 1 unspecified atom stereocenters. The fraction of sp³-hybridized carbons (Fsp3) is 0.571. The lowest BCUT2D eigenvalue weighted by Crippen LogP contribution is -2.26. The van der Waals surface area contributed by atoms with Crippen molar-refractivity contribution in [2.45, 2.75) is 18.6 Å². The molecule has 0 aliphatic carbocycles. The summed E-state index contributed by atoms with van der Waals surface area (Å²) in [6.07, 6.45) is 4.89. The minimum Gasteiger partial charge on any atom is -0.426 e. The Morgan fingerprint density at radius 3 is 3.00 bits per heavy atom. The minimum absolute atomic E-state index is 0.290. The molecule has 1 atom stereocenters. The highest BCUT2D eigenvalue weighted by Gasteiger charge is 2.39. The molecule has 2 rings (SSSR count). The van der Waals surface area contributed by atoms with Gasteiger partial charge in [0.2, 0.25) is 5.79 Å². The molecular formula is C7H8O3. The van der Waals surface area contributed by atoms with E-state index in [-0.39, 0.29) is 5.97 Å². The summed E-state index contributed by atoms with van der Waals surface area (Å²) in [5, 5.41) is 0. The summed E-state index contributed by atoms with van der Waals surface area (Å²) in [6, 6.07) is 0. The fourth-order valence-electron chi connectivity index (χ4n) is 1.28. The monoisotopic (exact) mass is 140 g/mol. The van der Waals surface area contributed by atoms with Crippen LogP contribution in [0.3, 0.4) is 0 Å². The molecule has 1 saturated heterocycles. The zero-order valence-electron chi connectivity index (χ0n) is 5.50. The summed E-state index contributed by atoms with van der Waals surface area (Å²) in [5.41, 5.74) is 0. The minimum atomic E-state index is -0.670. The van der Waals surface area contributed by atoms with Crippen molar-refractivity contribution >= 4 is 5.97 Å². The first-order chi connectivity index (χ1) is 4.81. The van der Waals surface area contributed by atoms with E-state index in [4.69, 9.17) is 9.47 Å². The highest BCUT2D eigenvalue weighted by molar-refractivity contribution is 5.84. The Labute approximate surface area is 58.6 Å². The van der Waals surface area contributed by atoms with Gasteiger partial charge in [0, 0.05) is 12.5 Å². The standard InChI is InChI=1S/C7H8O3/c8-6-2-4-7(10-6)3-1-5-9-7/h2,4H,1,3,5H2. The van der Waals surface area contributed by atoms with Crippen molar-refractivity contribution in [3.63, 3.8) is 0 Å². The second-order valence-electron chi connectivity index (χ2n) is 2.52. The first-order valence-electron chi connectivity index (χ1n) is 3.37. The summed E-state index contributed by atoms with van der Waals surface area (Å²) in [4.78, 5) is 10.6. The molecule has 2 aliphatic heterocycles. The Morgan fingerprint density at radius 1 is 1.60 bits per heavy atom. The van der Waals surface area contributed by atoms with Crippen LogP contribution in [0.25, 0.3) is 0 Å². The maximum absolute atomic E-state index is 10.6. The van der Waals surface area contributed by atoms with Gasteiger partial charge in [-0.3, -0.25) is 0 Å². The largest absolute Gasteiger partial charge is 0.426 e. The molecule has 0 saturated carbocycles. The van der Waals surface area contributed by atoms with Gasteiger partial charge < -0.3 is 9.47 Å². The van der Waals surface area contributed by atoms with Gasteiger partial charge in [-0.05, 0) is 12.5 Å². The number of carbonyl (C=O) groups excluding carboxylic acids is 1. The van der Waals surface area contributed by atoms with Crippen LogP contribution in [-0.4, -0.2) is 18.4 Å². The molecule has 10 heavy (non-hydrogen) atoms. The normalized spacial score (nSPS) is 37.4. The number of ether oxygens (including phenoxy) is 2. The summed E-state index contributed by atoms with van der Waals surface area (Å²) in [7, 11) is 0. The smallest absolute Gasteiger partial charge is 0.333 e. The summed E-state index contributed by atoms with van der Waals surface area (Å²) < 4.78 is 10.2.